The van der Waals surface area contributed by atoms with Gasteiger partial charge in [0, 0.05) is 16.3 Å². The van der Waals surface area contributed by atoms with Crippen LogP contribution >= 0.6 is 15.9 Å². The van der Waals surface area contributed by atoms with Crippen LogP contribution in [0.4, 0.5) is 10.3 Å². The van der Waals surface area contributed by atoms with E-state index in [1.54, 1.807) is 0 Å². The number of aromatic nitrogens is 5. The van der Waals surface area contributed by atoms with Crippen molar-refractivity contribution in [3.05, 3.63) is 28.5 Å². The molecule has 0 saturated carbocycles. The molecule has 2 N–H and O–H groups in total. The van der Waals surface area contributed by atoms with Gasteiger partial charge in [0.25, 0.3) is 10.9 Å². The first-order valence-electron chi connectivity index (χ1n) is 5.81. The number of anilines is 1. The van der Waals surface area contributed by atoms with Crippen LogP contribution in [0.5, 0.6) is 0 Å². The molecular formula is C11H8BrFN6O2S. The van der Waals surface area contributed by atoms with E-state index in [1.807, 2.05) is 0 Å². The molecular weight excluding hydrogens is 379 g/mol. The van der Waals surface area contributed by atoms with Gasteiger partial charge < -0.3 is 5.73 Å². The van der Waals surface area contributed by atoms with E-state index in [-0.39, 0.29) is 17.6 Å². The Balaban J connectivity index is 2.26. The van der Waals surface area contributed by atoms with Crippen molar-refractivity contribution in [3.63, 3.8) is 0 Å². The molecule has 0 saturated heterocycles. The lowest BCUT2D eigenvalue weighted by atomic mass is 10.2. The molecule has 3 rings (SSSR count). The Kier molecular flexibility index (Phi) is 3.33. The third-order valence-corrected chi connectivity index (χ3v) is 4.25. The molecule has 114 valence electrons. The number of rotatable bonds is 2. The summed E-state index contributed by atoms with van der Waals surface area (Å²) >= 11 is 3.27. The zero-order valence-corrected chi connectivity index (χ0v) is 13.4. The zero-order valence-electron chi connectivity index (χ0n) is 11.0. The van der Waals surface area contributed by atoms with Crippen LogP contribution < -0.4 is 5.73 Å². The maximum Gasteiger partial charge on any atom is 0.258 e. The molecule has 2 heterocycles. The highest BCUT2D eigenvalue weighted by Gasteiger charge is 2.18. The van der Waals surface area contributed by atoms with E-state index < -0.39 is 20.8 Å². The first-order chi connectivity index (χ1) is 10.3. The number of nitrogen functional groups attached to an aromatic ring is 1. The summed E-state index contributed by atoms with van der Waals surface area (Å²) in [4.78, 5) is 11.6. The predicted molar refractivity (Wildman–Crippen MR) is 79.2 cm³/mol. The van der Waals surface area contributed by atoms with Crippen molar-refractivity contribution in [2.45, 2.75) is 5.16 Å². The first kappa shape index (κ1) is 14.8. The lowest BCUT2D eigenvalue weighted by Crippen LogP contribution is -2.11. The Morgan fingerprint density at radius 2 is 2.00 bits per heavy atom. The smallest absolute Gasteiger partial charge is 0.258 e. The SMILES string of the molecule is CS(=O)(=O)c1nc(N)n2nc(-c3cc(F)ccc3Br)nc2n1. The Hall–Kier alpha value is -2.14. The van der Waals surface area contributed by atoms with Crippen LogP contribution in [0.1, 0.15) is 0 Å². The van der Waals surface area contributed by atoms with E-state index in [0.717, 1.165) is 10.8 Å². The summed E-state index contributed by atoms with van der Waals surface area (Å²) in [7, 11) is -3.64. The Bertz CT molecular complexity index is 1000. The monoisotopic (exact) mass is 386 g/mol. The third kappa shape index (κ3) is 2.52. The Morgan fingerprint density at radius 3 is 2.68 bits per heavy atom. The van der Waals surface area contributed by atoms with Gasteiger partial charge in [-0.2, -0.15) is 19.5 Å². The van der Waals surface area contributed by atoms with E-state index in [1.165, 1.54) is 18.2 Å². The van der Waals surface area contributed by atoms with Crippen molar-refractivity contribution in [2.75, 3.05) is 12.0 Å². The van der Waals surface area contributed by atoms with Crippen LogP contribution in [0.15, 0.2) is 27.8 Å². The second-order valence-electron chi connectivity index (χ2n) is 4.41. The summed E-state index contributed by atoms with van der Waals surface area (Å²) in [6.45, 7) is 0. The first-order valence-corrected chi connectivity index (χ1v) is 8.50. The fourth-order valence-corrected chi connectivity index (χ4v) is 2.67. The number of halogens is 2. The van der Waals surface area contributed by atoms with Crippen LogP contribution in [0.2, 0.25) is 0 Å². The zero-order chi connectivity index (χ0) is 16.1. The summed E-state index contributed by atoms with van der Waals surface area (Å²) in [6.07, 6.45) is 0.957. The summed E-state index contributed by atoms with van der Waals surface area (Å²) in [5, 5.41) is 3.62. The van der Waals surface area contributed by atoms with Gasteiger partial charge in [0.1, 0.15) is 5.82 Å². The average Bonchev–Trinajstić information content (AvgIpc) is 2.85. The minimum absolute atomic E-state index is 0.0425. The lowest BCUT2D eigenvalue weighted by molar-refractivity contribution is 0.592. The molecule has 0 fully saturated rings. The molecule has 0 unspecified atom stereocenters. The molecule has 1 aromatic carbocycles. The van der Waals surface area contributed by atoms with Crippen molar-refractivity contribution in [3.8, 4) is 11.4 Å². The van der Waals surface area contributed by atoms with E-state index in [9.17, 15) is 12.8 Å². The van der Waals surface area contributed by atoms with Crippen molar-refractivity contribution in [1.82, 2.24) is 24.6 Å². The van der Waals surface area contributed by atoms with Crippen LogP contribution in [0.3, 0.4) is 0 Å². The van der Waals surface area contributed by atoms with Crippen LogP contribution in [-0.2, 0) is 9.84 Å². The van der Waals surface area contributed by atoms with E-state index in [2.05, 4.69) is 36.0 Å². The minimum Gasteiger partial charge on any atom is -0.368 e. The van der Waals surface area contributed by atoms with Gasteiger partial charge in [0.15, 0.2) is 5.82 Å². The fraction of sp³-hybridized carbons (Fsp3) is 0.0909. The summed E-state index contributed by atoms with van der Waals surface area (Å²) in [6, 6.07) is 4.02. The molecule has 0 spiro atoms. The summed E-state index contributed by atoms with van der Waals surface area (Å²) in [5.74, 6) is -0.554. The largest absolute Gasteiger partial charge is 0.368 e. The highest BCUT2D eigenvalue weighted by molar-refractivity contribution is 9.10. The quantitative estimate of drug-likeness (QED) is 0.699. The molecule has 22 heavy (non-hydrogen) atoms. The van der Waals surface area contributed by atoms with E-state index in [0.29, 0.717) is 10.0 Å². The van der Waals surface area contributed by atoms with Gasteiger partial charge >= 0.3 is 0 Å². The van der Waals surface area contributed by atoms with Crippen LogP contribution in [-0.4, -0.2) is 39.2 Å². The van der Waals surface area contributed by atoms with E-state index in [4.69, 9.17) is 5.73 Å². The Morgan fingerprint density at radius 1 is 1.27 bits per heavy atom. The third-order valence-electron chi connectivity index (χ3n) is 2.71. The van der Waals surface area contributed by atoms with Gasteiger partial charge in [-0.1, -0.05) is 15.9 Å². The molecule has 0 amide bonds. The number of benzene rings is 1. The van der Waals surface area contributed by atoms with Crippen molar-refractivity contribution in [2.24, 2.45) is 0 Å². The number of nitrogens with two attached hydrogens (primary N) is 1. The highest BCUT2D eigenvalue weighted by atomic mass is 79.9. The normalized spacial score (nSPS) is 12.0. The highest BCUT2D eigenvalue weighted by Crippen LogP contribution is 2.27. The minimum atomic E-state index is -3.64. The second kappa shape index (κ2) is 4.95. The molecule has 0 radical (unpaired) electrons. The molecule has 3 aromatic rings. The van der Waals surface area contributed by atoms with Gasteiger partial charge in [0.2, 0.25) is 15.8 Å². The van der Waals surface area contributed by atoms with Crippen molar-refractivity contribution in [1.29, 1.82) is 0 Å². The number of fused-ring (bicyclic) bond motifs is 1. The molecule has 11 heteroatoms. The van der Waals surface area contributed by atoms with Crippen LogP contribution in [0.25, 0.3) is 17.2 Å². The number of hydrogen-bond donors (Lipinski definition) is 1. The van der Waals surface area contributed by atoms with Gasteiger partial charge in [-0.3, -0.25) is 0 Å². The average molecular weight is 387 g/mol. The van der Waals surface area contributed by atoms with Crippen molar-refractivity contribution >= 4 is 37.5 Å². The van der Waals surface area contributed by atoms with Gasteiger partial charge in [-0.05, 0) is 18.2 Å². The standard InChI is InChI=1S/C11H8BrFN6O2S/c1-22(20,21)11-16-9(14)19-10(17-11)15-8(18-19)6-4-5(13)2-3-7(6)12/h2-4H,1H3,(H2,14,15,16,17,18). The van der Waals surface area contributed by atoms with Gasteiger partial charge in [-0.25, -0.2) is 12.8 Å². The molecule has 0 aliphatic rings. The number of hydrogen-bond acceptors (Lipinski definition) is 7. The maximum absolute atomic E-state index is 13.4. The summed E-state index contributed by atoms with van der Waals surface area (Å²) in [5.41, 5.74) is 6.05. The second-order valence-corrected chi connectivity index (χ2v) is 7.17. The molecule has 0 atom stereocenters. The molecule has 0 aliphatic heterocycles. The molecule has 2 aromatic heterocycles. The van der Waals surface area contributed by atoms with Crippen molar-refractivity contribution < 1.29 is 12.8 Å². The maximum atomic E-state index is 13.4. The van der Waals surface area contributed by atoms with Gasteiger partial charge in [0.05, 0.1) is 0 Å². The van der Waals surface area contributed by atoms with Crippen LogP contribution in [0, 0.1) is 5.82 Å². The Labute approximate surface area is 132 Å². The number of sulfone groups is 1. The lowest BCUT2D eigenvalue weighted by Gasteiger charge is -1.99. The molecule has 0 aliphatic carbocycles. The van der Waals surface area contributed by atoms with E-state index >= 15 is 0 Å². The van der Waals surface area contributed by atoms with Gasteiger partial charge in [-0.15, -0.1) is 5.10 Å². The fourth-order valence-electron chi connectivity index (χ4n) is 1.73. The molecule has 0 bridgehead atoms. The number of nitrogens with zero attached hydrogens (tertiary/aromatic N) is 5. The molecule has 8 nitrogen and oxygen atoms in total. The topological polar surface area (TPSA) is 116 Å². The predicted octanol–water partition coefficient (Wildman–Crippen LogP) is 1.07. The summed E-state index contributed by atoms with van der Waals surface area (Å²) < 4.78 is 38.0.